The van der Waals surface area contributed by atoms with E-state index in [4.69, 9.17) is 0 Å². The van der Waals surface area contributed by atoms with Crippen LogP contribution in [0.2, 0.25) is 0 Å². The van der Waals surface area contributed by atoms with E-state index in [1.54, 1.807) is 11.3 Å². The van der Waals surface area contributed by atoms with Gasteiger partial charge in [-0.2, -0.15) is 0 Å². The second-order valence-electron chi connectivity index (χ2n) is 5.83. The quantitative estimate of drug-likeness (QED) is 0.676. The Hall–Kier alpha value is -3.00. The first-order chi connectivity index (χ1) is 12.5. The molecule has 0 radical (unpaired) electrons. The molecule has 8 heteroatoms. The summed E-state index contributed by atoms with van der Waals surface area (Å²) in [5, 5.41) is 5.65. The van der Waals surface area contributed by atoms with E-state index in [0.717, 1.165) is 21.7 Å². The lowest BCUT2D eigenvalue weighted by molar-refractivity contribution is -0.120. The number of carbonyl (C=O) groups excluding carboxylic acids is 1. The molecular formula is C18H18N4O3S. The first-order valence-electron chi connectivity index (χ1n) is 8.04. The van der Waals surface area contributed by atoms with Crippen molar-refractivity contribution in [2.24, 2.45) is 7.05 Å². The lowest BCUT2D eigenvalue weighted by atomic mass is 10.2. The largest absolute Gasteiger partial charge is 0.350 e. The van der Waals surface area contributed by atoms with E-state index in [9.17, 15) is 14.4 Å². The zero-order valence-corrected chi connectivity index (χ0v) is 15.0. The van der Waals surface area contributed by atoms with E-state index in [1.165, 1.54) is 18.8 Å². The zero-order valence-electron chi connectivity index (χ0n) is 14.2. The van der Waals surface area contributed by atoms with Gasteiger partial charge in [-0.3, -0.25) is 14.2 Å². The molecule has 3 rings (SSSR count). The Morgan fingerprint density at radius 1 is 1.27 bits per heavy atom. The van der Waals surface area contributed by atoms with E-state index < -0.39 is 11.2 Å². The summed E-state index contributed by atoms with van der Waals surface area (Å²) in [6, 6.07) is 10.1. The fourth-order valence-corrected chi connectivity index (χ4v) is 3.28. The van der Waals surface area contributed by atoms with E-state index in [0.29, 0.717) is 6.54 Å². The van der Waals surface area contributed by atoms with Crippen LogP contribution >= 0.6 is 11.3 Å². The first-order valence-corrected chi connectivity index (χ1v) is 8.92. The molecule has 1 aromatic carbocycles. The van der Waals surface area contributed by atoms with Gasteiger partial charge in [0.2, 0.25) is 5.91 Å². The van der Waals surface area contributed by atoms with Crippen molar-refractivity contribution in [1.29, 1.82) is 0 Å². The highest BCUT2D eigenvalue weighted by molar-refractivity contribution is 7.09. The van der Waals surface area contributed by atoms with Crippen LogP contribution in [0.5, 0.6) is 0 Å². The van der Waals surface area contributed by atoms with Gasteiger partial charge in [0, 0.05) is 30.6 Å². The molecule has 26 heavy (non-hydrogen) atoms. The van der Waals surface area contributed by atoms with E-state index in [2.05, 4.69) is 15.3 Å². The average molecular weight is 370 g/mol. The van der Waals surface area contributed by atoms with Crippen LogP contribution in [-0.2, 0) is 31.2 Å². The number of thiazole rings is 1. The van der Waals surface area contributed by atoms with Crippen molar-refractivity contribution in [2.45, 2.75) is 19.4 Å². The van der Waals surface area contributed by atoms with Crippen molar-refractivity contribution >= 4 is 17.2 Å². The number of H-pyrrole nitrogens is 1. The number of nitrogens with zero attached hydrogens (tertiary/aromatic N) is 2. The van der Waals surface area contributed by atoms with Crippen molar-refractivity contribution < 1.29 is 4.79 Å². The molecule has 0 unspecified atom stereocenters. The Morgan fingerprint density at radius 2 is 2.04 bits per heavy atom. The van der Waals surface area contributed by atoms with Crippen LogP contribution in [0.1, 0.15) is 21.8 Å². The van der Waals surface area contributed by atoms with Crippen molar-refractivity contribution in [1.82, 2.24) is 19.9 Å². The van der Waals surface area contributed by atoms with Crippen LogP contribution in [0, 0.1) is 0 Å². The molecule has 0 atom stereocenters. The third-order valence-corrected chi connectivity index (χ3v) is 4.77. The third-order valence-electron chi connectivity index (χ3n) is 3.87. The number of aromatic amines is 1. The highest BCUT2D eigenvalue weighted by atomic mass is 32.1. The molecule has 0 aliphatic rings. The molecule has 2 heterocycles. The van der Waals surface area contributed by atoms with Crippen molar-refractivity contribution in [2.75, 3.05) is 0 Å². The maximum Gasteiger partial charge on any atom is 0.328 e. The average Bonchev–Trinajstić information content (AvgIpc) is 3.09. The van der Waals surface area contributed by atoms with Gasteiger partial charge in [0.1, 0.15) is 0 Å². The number of hydrogen-bond acceptors (Lipinski definition) is 5. The highest BCUT2D eigenvalue weighted by Crippen LogP contribution is 2.14. The molecule has 2 aromatic heterocycles. The lowest BCUT2D eigenvalue weighted by Crippen LogP contribution is -2.36. The lowest BCUT2D eigenvalue weighted by Gasteiger charge is -2.04. The fraction of sp³-hybridized carbons (Fsp3) is 0.222. The molecule has 0 spiro atoms. The van der Waals surface area contributed by atoms with Gasteiger partial charge in [-0.1, -0.05) is 30.3 Å². The normalized spacial score (nSPS) is 10.7. The number of aromatic nitrogens is 3. The van der Waals surface area contributed by atoms with Crippen LogP contribution in [0.4, 0.5) is 0 Å². The summed E-state index contributed by atoms with van der Waals surface area (Å²) < 4.78 is 0.943. The van der Waals surface area contributed by atoms with E-state index >= 15 is 0 Å². The van der Waals surface area contributed by atoms with Crippen LogP contribution in [0.25, 0.3) is 0 Å². The molecule has 3 aromatic rings. The number of benzene rings is 1. The Labute approximate surface area is 153 Å². The van der Waals surface area contributed by atoms with Gasteiger partial charge in [-0.15, -0.1) is 11.3 Å². The second kappa shape index (κ2) is 7.92. The molecule has 0 aliphatic heterocycles. The summed E-state index contributed by atoms with van der Waals surface area (Å²) in [7, 11) is 1.37. The van der Waals surface area contributed by atoms with Crippen molar-refractivity contribution in [3.8, 4) is 0 Å². The molecule has 1 amide bonds. The van der Waals surface area contributed by atoms with Crippen LogP contribution in [-0.4, -0.2) is 20.4 Å². The summed E-state index contributed by atoms with van der Waals surface area (Å²) in [4.78, 5) is 42.3. The third kappa shape index (κ3) is 4.34. The predicted octanol–water partition coefficient (Wildman–Crippen LogP) is 0.980. The van der Waals surface area contributed by atoms with Gasteiger partial charge in [-0.05, 0) is 5.56 Å². The molecule has 0 bridgehead atoms. The van der Waals surface area contributed by atoms with Gasteiger partial charge >= 0.3 is 5.69 Å². The minimum Gasteiger partial charge on any atom is -0.350 e. The number of carbonyl (C=O) groups is 1. The molecule has 0 aliphatic carbocycles. The highest BCUT2D eigenvalue weighted by Gasteiger charge is 2.10. The van der Waals surface area contributed by atoms with Gasteiger partial charge in [0.25, 0.3) is 5.56 Å². The maximum absolute atomic E-state index is 12.1. The summed E-state index contributed by atoms with van der Waals surface area (Å²) in [6.07, 6.45) is 1.95. The number of amides is 1. The zero-order chi connectivity index (χ0) is 18.5. The first kappa shape index (κ1) is 17.8. The van der Waals surface area contributed by atoms with Crippen molar-refractivity contribution in [3.63, 3.8) is 0 Å². The number of rotatable bonds is 6. The summed E-state index contributed by atoms with van der Waals surface area (Å²) in [6.45, 7) is 0.299. The fourth-order valence-electron chi connectivity index (χ4n) is 2.45. The van der Waals surface area contributed by atoms with E-state index in [-0.39, 0.29) is 17.9 Å². The number of hydrogen-bond donors (Lipinski definition) is 2. The standard InChI is InChI=1S/C18H18N4O3S/c1-22-17(24)13(9-20-18(22)25)8-15(23)19-10-14-11-26-16(21-14)7-12-5-3-2-4-6-12/h2-6,9,11H,7-8,10H2,1H3,(H,19,23)(H,20,25). The Kier molecular flexibility index (Phi) is 5.43. The van der Waals surface area contributed by atoms with Crippen LogP contribution in [0.3, 0.4) is 0 Å². The molecule has 0 fully saturated rings. The van der Waals surface area contributed by atoms with Gasteiger partial charge < -0.3 is 10.3 Å². The molecule has 134 valence electrons. The van der Waals surface area contributed by atoms with E-state index in [1.807, 2.05) is 35.7 Å². The Bertz CT molecular complexity index is 1020. The topological polar surface area (TPSA) is 96.8 Å². The minimum absolute atomic E-state index is 0.0928. The molecule has 0 saturated carbocycles. The Morgan fingerprint density at radius 3 is 2.81 bits per heavy atom. The monoisotopic (exact) mass is 370 g/mol. The molecule has 7 nitrogen and oxygen atoms in total. The Balaban J connectivity index is 1.56. The van der Waals surface area contributed by atoms with Gasteiger partial charge in [-0.25, -0.2) is 9.78 Å². The van der Waals surface area contributed by atoms with Crippen LogP contribution in [0.15, 0.2) is 51.5 Å². The predicted molar refractivity (Wildman–Crippen MR) is 99.2 cm³/mol. The number of nitrogens with one attached hydrogen (secondary N) is 2. The van der Waals surface area contributed by atoms with Gasteiger partial charge in [0.05, 0.1) is 23.7 Å². The summed E-state index contributed by atoms with van der Waals surface area (Å²) in [5.74, 6) is -0.299. The molecule has 2 N–H and O–H groups in total. The van der Waals surface area contributed by atoms with Crippen LogP contribution < -0.4 is 16.6 Å². The maximum atomic E-state index is 12.1. The summed E-state index contributed by atoms with van der Waals surface area (Å²) >= 11 is 1.55. The minimum atomic E-state index is -0.507. The molecule has 0 saturated heterocycles. The van der Waals surface area contributed by atoms with Crippen molar-refractivity contribution in [3.05, 3.63) is 84.6 Å². The summed E-state index contributed by atoms with van der Waals surface area (Å²) in [5.41, 5.74) is 1.23. The second-order valence-corrected chi connectivity index (χ2v) is 6.77. The molecular weight excluding hydrogens is 352 g/mol. The smallest absolute Gasteiger partial charge is 0.328 e. The SMILES string of the molecule is Cn1c(=O)[nH]cc(CC(=O)NCc2csc(Cc3ccccc3)n2)c1=O. The van der Waals surface area contributed by atoms with Gasteiger partial charge in [0.15, 0.2) is 0 Å².